The molecule has 0 aliphatic carbocycles. The lowest BCUT2D eigenvalue weighted by molar-refractivity contribution is 0.107. The molecule has 0 heterocycles. The van der Waals surface area contributed by atoms with Crippen molar-refractivity contribution in [1.29, 1.82) is 0 Å². The van der Waals surface area contributed by atoms with Gasteiger partial charge in [0.1, 0.15) is 0 Å². The van der Waals surface area contributed by atoms with Gasteiger partial charge in [-0.1, -0.05) is 12.1 Å². The van der Waals surface area contributed by atoms with Gasteiger partial charge in [-0.25, -0.2) is 0 Å². The van der Waals surface area contributed by atoms with E-state index >= 15 is 0 Å². The molecule has 0 saturated carbocycles. The normalized spacial score (nSPS) is 10.0. The van der Waals surface area contributed by atoms with Crippen LogP contribution in [0.4, 0.5) is 0 Å². The van der Waals surface area contributed by atoms with Gasteiger partial charge in [0.25, 0.3) is 0 Å². The highest BCUT2D eigenvalue weighted by Crippen LogP contribution is 2.31. The van der Waals surface area contributed by atoms with Gasteiger partial charge in [0, 0.05) is 38.8 Å². The topological polar surface area (TPSA) is 102 Å². The van der Waals surface area contributed by atoms with Crippen LogP contribution in [0.2, 0.25) is 0 Å². The molecule has 0 N–H and O–H groups in total. The van der Waals surface area contributed by atoms with Gasteiger partial charge in [0.05, 0.1) is 0 Å². The van der Waals surface area contributed by atoms with Crippen molar-refractivity contribution < 1.29 is 28.8 Å². The minimum absolute atomic E-state index is 0.00407. The lowest BCUT2D eigenvalue weighted by atomic mass is 9.87. The summed E-state index contributed by atoms with van der Waals surface area (Å²) in [5.74, 6) is 0. The van der Waals surface area contributed by atoms with Crippen molar-refractivity contribution in [2.75, 3.05) is 0 Å². The van der Waals surface area contributed by atoms with Crippen molar-refractivity contribution in [1.82, 2.24) is 0 Å². The largest absolute Gasteiger partial charge is 0.298 e. The third kappa shape index (κ3) is 1.98. The maximum Gasteiger partial charge on any atom is 0.151 e. The molecule has 0 unspecified atom stereocenters. The molecule has 6 nitrogen and oxygen atoms in total. The number of aldehydes is 6. The predicted molar refractivity (Wildman–Crippen MR) is 76.3 cm³/mol. The molecule has 6 heteroatoms. The Balaban J connectivity index is 3.27. The predicted octanol–water partition coefficient (Wildman–Crippen LogP) is 1.71. The number of benzene rings is 2. The van der Waals surface area contributed by atoms with Crippen LogP contribution in [0.3, 0.4) is 0 Å². The SMILES string of the molecule is O=Cc1ccc2c(C=O)c(C=O)c(C=O)c(C=O)c2c1C=O. The van der Waals surface area contributed by atoms with E-state index < -0.39 is 0 Å². The summed E-state index contributed by atoms with van der Waals surface area (Å²) in [5, 5.41) is 0.155. The fraction of sp³-hybridized carbons (Fsp3) is 0. The fourth-order valence-electron chi connectivity index (χ4n) is 2.45. The van der Waals surface area contributed by atoms with Gasteiger partial charge >= 0.3 is 0 Å². The van der Waals surface area contributed by atoms with Crippen LogP contribution in [-0.4, -0.2) is 37.7 Å². The Morgan fingerprint density at radius 1 is 0.500 bits per heavy atom. The third-order valence-electron chi connectivity index (χ3n) is 3.43. The Morgan fingerprint density at radius 2 is 1.00 bits per heavy atom. The highest BCUT2D eigenvalue weighted by molar-refractivity contribution is 6.20. The molecule has 0 spiro atoms. The average molecular weight is 296 g/mol. The second-order valence-corrected chi connectivity index (χ2v) is 4.35. The molecule has 2 rings (SSSR count). The van der Waals surface area contributed by atoms with Gasteiger partial charge in [-0.2, -0.15) is 0 Å². The number of carbonyl (C=O) groups excluding carboxylic acids is 6. The van der Waals surface area contributed by atoms with Gasteiger partial charge in [-0.15, -0.1) is 0 Å². The minimum Gasteiger partial charge on any atom is -0.298 e. The molecule has 0 fully saturated rings. The number of hydrogen-bond acceptors (Lipinski definition) is 6. The lowest BCUT2D eigenvalue weighted by Crippen LogP contribution is -2.07. The van der Waals surface area contributed by atoms with Crippen molar-refractivity contribution in [3.8, 4) is 0 Å². The third-order valence-corrected chi connectivity index (χ3v) is 3.43. The van der Waals surface area contributed by atoms with Crippen LogP contribution in [0.15, 0.2) is 12.1 Å². The lowest BCUT2D eigenvalue weighted by Gasteiger charge is -2.13. The first-order valence-corrected chi connectivity index (χ1v) is 6.06. The molecule has 0 aliphatic heterocycles. The van der Waals surface area contributed by atoms with Gasteiger partial charge in [-0.3, -0.25) is 28.8 Å². The summed E-state index contributed by atoms with van der Waals surface area (Å²) in [6.07, 6.45) is 2.03. The fourth-order valence-corrected chi connectivity index (χ4v) is 2.45. The zero-order chi connectivity index (χ0) is 16.3. The van der Waals surface area contributed by atoms with Crippen molar-refractivity contribution in [2.24, 2.45) is 0 Å². The summed E-state index contributed by atoms with van der Waals surface area (Å²) in [6, 6.07) is 2.65. The van der Waals surface area contributed by atoms with E-state index in [2.05, 4.69) is 0 Å². The number of carbonyl (C=O) groups is 6. The van der Waals surface area contributed by atoms with E-state index in [4.69, 9.17) is 0 Å². The summed E-state index contributed by atoms with van der Waals surface area (Å²) < 4.78 is 0. The van der Waals surface area contributed by atoms with E-state index in [-0.39, 0.29) is 50.4 Å². The summed E-state index contributed by atoms with van der Waals surface area (Å²) in [7, 11) is 0. The van der Waals surface area contributed by atoms with E-state index in [0.29, 0.717) is 31.4 Å². The van der Waals surface area contributed by atoms with E-state index in [9.17, 15) is 28.8 Å². The molecule has 0 saturated heterocycles. The first kappa shape index (κ1) is 15.1. The van der Waals surface area contributed by atoms with Gasteiger partial charge < -0.3 is 0 Å². The monoisotopic (exact) mass is 296 g/mol. The Labute approximate surface area is 123 Å². The second kappa shape index (κ2) is 6.01. The molecule has 0 amide bonds. The minimum atomic E-state index is -0.286. The molecule has 0 radical (unpaired) electrons. The highest BCUT2D eigenvalue weighted by atomic mass is 16.1. The van der Waals surface area contributed by atoms with Crippen LogP contribution in [0.5, 0.6) is 0 Å². The molecule has 108 valence electrons. The number of rotatable bonds is 6. The Morgan fingerprint density at radius 3 is 1.45 bits per heavy atom. The van der Waals surface area contributed by atoms with Crippen molar-refractivity contribution in [3.63, 3.8) is 0 Å². The highest BCUT2D eigenvalue weighted by Gasteiger charge is 2.21. The molecule has 0 aliphatic rings. The Hall–Kier alpha value is -3.28. The maximum atomic E-state index is 11.4. The van der Waals surface area contributed by atoms with Crippen molar-refractivity contribution >= 4 is 48.5 Å². The zero-order valence-electron chi connectivity index (χ0n) is 11.1. The van der Waals surface area contributed by atoms with Crippen LogP contribution in [0, 0.1) is 0 Å². The van der Waals surface area contributed by atoms with E-state index in [1.165, 1.54) is 12.1 Å². The van der Waals surface area contributed by atoms with Crippen molar-refractivity contribution in [3.05, 3.63) is 45.5 Å². The van der Waals surface area contributed by atoms with E-state index in [0.717, 1.165) is 0 Å². The summed E-state index contributed by atoms with van der Waals surface area (Å²) in [4.78, 5) is 67.4. The first-order valence-electron chi connectivity index (χ1n) is 6.06. The molecular formula is C16H8O6. The maximum absolute atomic E-state index is 11.4. The smallest absolute Gasteiger partial charge is 0.151 e. The summed E-state index contributed by atoms with van der Waals surface area (Å²) in [6.45, 7) is 0. The molecular weight excluding hydrogens is 288 g/mol. The van der Waals surface area contributed by atoms with E-state index in [1.54, 1.807) is 0 Å². The number of hydrogen-bond donors (Lipinski definition) is 0. The van der Waals surface area contributed by atoms with Crippen LogP contribution in [0.1, 0.15) is 62.1 Å². The zero-order valence-corrected chi connectivity index (χ0v) is 11.1. The summed E-state index contributed by atoms with van der Waals surface area (Å²) in [5.41, 5.74) is -0.931. The van der Waals surface area contributed by atoms with Gasteiger partial charge in [0.2, 0.25) is 0 Å². The van der Waals surface area contributed by atoms with Crippen LogP contribution < -0.4 is 0 Å². The standard InChI is InChI=1S/C16H8O6/c17-3-9-1-2-10-12(5-19)13(6-20)14(7-21)15(8-22)16(10)11(9)4-18/h1-8H. The Kier molecular flexibility index (Phi) is 4.13. The molecule has 0 atom stereocenters. The quantitative estimate of drug-likeness (QED) is 0.752. The molecule has 0 bridgehead atoms. The average Bonchev–Trinajstić information content (AvgIpc) is 2.57. The van der Waals surface area contributed by atoms with Crippen LogP contribution in [0.25, 0.3) is 10.8 Å². The van der Waals surface area contributed by atoms with Crippen molar-refractivity contribution in [2.45, 2.75) is 0 Å². The Bertz CT molecular complexity index is 842. The van der Waals surface area contributed by atoms with Gasteiger partial charge in [-0.05, 0) is 5.39 Å². The molecule has 0 aromatic heterocycles. The van der Waals surface area contributed by atoms with Crippen LogP contribution >= 0.6 is 0 Å². The van der Waals surface area contributed by atoms with E-state index in [1.807, 2.05) is 0 Å². The number of fused-ring (bicyclic) bond motifs is 1. The van der Waals surface area contributed by atoms with Gasteiger partial charge in [0.15, 0.2) is 37.7 Å². The molecule has 2 aromatic carbocycles. The second-order valence-electron chi connectivity index (χ2n) is 4.35. The molecule has 22 heavy (non-hydrogen) atoms. The first-order chi connectivity index (χ1) is 10.7. The van der Waals surface area contributed by atoms with Crippen LogP contribution in [-0.2, 0) is 0 Å². The molecule has 2 aromatic rings. The summed E-state index contributed by atoms with van der Waals surface area (Å²) >= 11 is 0.